The number of aryl methyl sites for hydroxylation is 1. The second-order valence-electron chi connectivity index (χ2n) is 9.36. The van der Waals surface area contributed by atoms with Crippen molar-refractivity contribution in [2.75, 3.05) is 35.2 Å². The molecular weight excluding hydrogens is 392 g/mol. The van der Waals surface area contributed by atoms with E-state index in [1.807, 2.05) is 19.1 Å². The van der Waals surface area contributed by atoms with E-state index in [-0.39, 0.29) is 22.7 Å². The van der Waals surface area contributed by atoms with Gasteiger partial charge < -0.3 is 15.5 Å². The van der Waals surface area contributed by atoms with Crippen molar-refractivity contribution < 1.29 is 4.79 Å². The summed E-state index contributed by atoms with van der Waals surface area (Å²) in [6.07, 6.45) is 7.33. The monoisotopic (exact) mass is 424 g/mol. The third kappa shape index (κ3) is 4.81. The number of amides is 1. The zero-order chi connectivity index (χ0) is 22.0. The average Bonchev–Trinajstić information content (AvgIpc) is 2.77. The van der Waals surface area contributed by atoms with Crippen molar-refractivity contribution in [2.45, 2.75) is 52.4 Å². The molecule has 2 aliphatic rings. The van der Waals surface area contributed by atoms with E-state index in [4.69, 9.17) is 0 Å². The molecule has 1 saturated heterocycles. The molecule has 1 aromatic carbocycles. The molecule has 0 unspecified atom stereocenters. The minimum atomic E-state index is -0.382. The van der Waals surface area contributed by atoms with Crippen molar-refractivity contribution in [3.8, 4) is 0 Å². The molecule has 4 rings (SSSR count). The first kappa shape index (κ1) is 21.5. The van der Waals surface area contributed by atoms with Crippen LogP contribution in [0.4, 0.5) is 17.2 Å². The average molecular weight is 425 g/mol. The number of carbonyl (C=O) groups excluding carboxylic acids is 1. The molecule has 1 saturated carbocycles. The SMILES string of the molecule is Cc1ccnc(NC(=O)C2CCC(CNc3c(N4CCC(C)CC4)c(=O)c3=O)CC2)c1. The fraction of sp³-hybridized carbons (Fsp3) is 0.583. The van der Waals surface area contributed by atoms with Gasteiger partial charge in [-0.05, 0) is 75.0 Å². The van der Waals surface area contributed by atoms with E-state index >= 15 is 0 Å². The van der Waals surface area contributed by atoms with Crippen LogP contribution in [0.5, 0.6) is 0 Å². The molecule has 2 fully saturated rings. The highest BCUT2D eigenvalue weighted by Crippen LogP contribution is 2.31. The Bertz CT molecular complexity index is 995. The lowest BCUT2D eigenvalue weighted by molar-refractivity contribution is -0.121. The van der Waals surface area contributed by atoms with E-state index in [1.165, 1.54) is 0 Å². The molecule has 166 valence electrons. The van der Waals surface area contributed by atoms with E-state index in [2.05, 4.69) is 27.4 Å². The van der Waals surface area contributed by atoms with E-state index < -0.39 is 0 Å². The zero-order valence-electron chi connectivity index (χ0n) is 18.4. The molecule has 7 heteroatoms. The molecule has 1 aromatic heterocycles. The Labute approximate surface area is 182 Å². The highest BCUT2D eigenvalue weighted by atomic mass is 16.2. The summed E-state index contributed by atoms with van der Waals surface area (Å²) in [6, 6.07) is 3.78. The minimum absolute atomic E-state index is 0.00408. The lowest BCUT2D eigenvalue weighted by Gasteiger charge is -2.34. The topological polar surface area (TPSA) is 91.4 Å². The molecule has 1 amide bonds. The van der Waals surface area contributed by atoms with Gasteiger partial charge >= 0.3 is 0 Å². The minimum Gasteiger partial charge on any atom is -0.380 e. The molecule has 7 nitrogen and oxygen atoms in total. The van der Waals surface area contributed by atoms with Gasteiger partial charge in [-0.2, -0.15) is 0 Å². The van der Waals surface area contributed by atoms with Gasteiger partial charge in [-0.1, -0.05) is 6.92 Å². The molecule has 0 spiro atoms. The molecule has 0 bridgehead atoms. The van der Waals surface area contributed by atoms with Crippen LogP contribution in [0.2, 0.25) is 0 Å². The number of hydrogen-bond acceptors (Lipinski definition) is 6. The summed E-state index contributed by atoms with van der Waals surface area (Å²) in [5.41, 5.74) is 1.44. The second kappa shape index (κ2) is 9.20. The number of anilines is 3. The Kier molecular flexibility index (Phi) is 6.39. The maximum Gasteiger partial charge on any atom is 0.253 e. The van der Waals surface area contributed by atoms with Crippen LogP contribution in [0.1, 0.15) is 51.0 Å². The number of rotatable bonds is 6. The zero-order valence-corrected chi connectivity index (χ0v) is 18.4. The summed E-state index contributed by atoms with van der Waals surface area (Å²) in [6.45, 7) is 6.57. The van der Waals surface area contributed by atoms with Crippen LogP contribution in [0.15, 0.2) is 27.9 Å². The number of piperidine rings is 1. The molecule has 2 aromatic rings. The first-order valence-corrected chi connectivity index (χ1v) is 11.5. The smallest absolute Gasteiger partial charge is 0.253 e. The third-order valence-electron chi connectivity index (χ3n) is 6.94. The van der Waals surface area contributed by atoms with Crippen molar-refractivity contribution in [2.24, 2.45) is 17.8 Å². The van der Waals surface area contributed by atoms with E-state index in [1.54, 1.807) is 6.20 Å². The molecule has 0 atom stereocenters. The Morgan fingerprint density at radius 2 is 1.81 bits per heavy atom. The maximum absolute atomic E-state index is 12.6. The Hall–Kier alpha value is -2.70. The van der Waals surface area contributed by atoms with E-state index in [0.717, 1.165) is 57.2 Å². The second-order valence-corrected chi connectivity index (χ2v) is 9.36. The Morgan fingerprint density at radius 3 is 2.48 bits per heavy atom. The number of aromatic nitrogens is 1. The number of nitrogens with one attached hydrogen (secondary N) is 2. The van der Waals surface area contributed by atoms with Crippen molar-refractivity contribution in [3.63, 3.8) is 0 Å². The molecule has 0 radical (unpaired) electrons. The van der Waals surface area contributed by atoms with Crippen LogP contribution in [0.3, 0.4) is 0 Å². The van der Waals surface area contributed by atoms with Gasteiger partial charge in [-0.15, -0.1) is 0 Å². The number of carbonyl (C=O) groups is 1. The molecule has 2 N–H and O–H groups in total. The van der Waals surface area contributed by atoms with Crippen molar-refractivity contribution in [1.82, 2.24) is 4.98 Å². The first-order valence-electron chi connectivity index (χ1n) is 11.5. The van der Waals surface area contributed by atoms with Gasteiger partial charge in [0.2, 0.25) is 5.91 Å². The third-order valence-corrected chi connectivity index (χ3v) is 6.94. The van der Waals surface area contributed by atoms with Gasteiger partial charge in [0.05, 0.1) is 0 Å². The van der Waals surface area contributed by atoms with Crippen LogP contribution in [-0.4, -0.2) is 30.5 Å². The molecular formula is C24H32N4O3. The largest absolute Gasteiger partial charge is 0.380 e. The quantitative estimate of drug-likeness (QED) is 0.693. The summed E-state index contributed by atoms with van der Waals surface area (Å²) >= 11 is 0. The van der Waals surface area contributed by atoms with Gasteiger partial charge in [0.25, 0.3) is 10.9 Å². The first-order chi connectivity index (χ1) is 14.9. The predicted octanol–water partition coefficient (Wildman–Crippen LogP) is 3.08. The standard InChI is InChI=1S/C24H32N4O3/c1-15-8-11-28(12-9-15)21-20(22(29)23(21)30)26-14-17-3-5-18(6-4-17)24(31)27-19-13-16(2)7-10-25-19/h7,10,13,15,17-18,26H,3-6,8-9,11-12,14H2,1-2H3,(H,25,27,31). The van der Waals surface area contributed by atoms with Crippen LogP contribution in [0.25, 0.3) is 0 Å². The van der Waals surface area contributed by atoms with Crippen LogP contribution >= 0.6 is 0 Å². The van der Waals surface area contributed by atoms with Crippen molar-refractivity contribution >= 4 is 23.1 Å². The summed E-state index contributed by atoms with van der Waals surface area (Å²) in [5.74, 6) is 1.71. The molecule has 31 heavy (non-hydrogen) atoms. The van der Waals surface area contributed by atoms with E-state index in [0.29, 0.717) is 35.6 Å². The number of hydrogen-bond donors (Lipinski definition) is 2. The molecule has 2 heterocycles. The highest BCUT2D eigenvalue weighted by molar-refractivity contribution is 5.91. The highest BCUT2D eigenvalue weighted by Gasteiger charge is 2.30. The summed E-state index contributed by atoms with van der Waals surface area (Å²) in [4.78, 5) is 43.1. The van der Waals surface area contributed by atoms with Crippen LogP contribution in [0, 0.1) is 24.7 Å². The van der Waals surface area contributed by atoms with E-state index in [9.17, 15) is 14.4 Å². The van der Waals surface area contributed by atoms with Gasteiger partial charge in [-0.3, -0.25) is 14.4 Å². The number of nitrogens with zero attached hydrogens (tertiary/aromatic N) is 2. The summed E-state index contributed by atoms with van der Waals surface area (Å²) in [7, 11) is 0. The van der Waals surface area contributed by atoms with Gasteiger partial charge in [0, 0.05) is 31.7 Å². The van der Waals surface area contributed by atoms with Crippen LogP contribution in [-0.2, 0) is 4.79 Å². The number of pyridine rings is 1. The normalized spacial score (nSPS) is 22.5. The summed E-state index contributed by atoms with van der Waals surface area (Å²) in [5, 5.41) is 6.21. The Morgan fingerprint density at radius 1 is 1.10 bits per heavy atom. The fourth-order valence-corrected chi connectivity index (χ4v) is 4.79. The summed E-state index contributed by atoms with van der Waals surface area (Å²) < 4.78 is 0. The maximum atomic E-state index is 12.6. The fourth-order valence-electron chi connectivity index (χ4n) is 4.79. The Balaban J connectivity index is 1.26. The molecule has 1 aliphatic carbocycles. The van der Waals surface area contributed by atoms with Gasteiger partial charge in [0.1, 0.15) is 17.2 Å². The van der Waals surface area contributed by atoms with Gasteiger partial charge in [0.15, 0.2) is 0 Å². The lowest BCUT2D eigenvalue weighted by atomic mass is 9.81. The van der Waals surface area contributed by atoms with Crippen molar-refractivity contribution in [1.29, 1.82) is 0 Å². The molecule has 1 aliphatic heterocycles. The van der Waals surface area contributed by atoms with Crippen LogP contribution < -0.4 is 26.4 Å². The predicted molar refractivity (Wildman–Crippen MR) is 124 cm³/mol. The van der Waals surface area contributed by atoms with Gasteiger partial charge in [-0.25, -0.2) is 4.98 Å². The lowest BCUT2D eigenvalue weighted by Crippen LogP contribution is -2.45. The van der Waals surface area contributed by atoms with Crippen molar-refractivity contribution in [3.05, 3.63) is 44.3 Å².